The molecule has 1 amide bonds. The number of benzene rings is 2. The van der Waals surface area contributed by atoms with Gasteiger partial charge in [-0.05, 0) is 69.0 Å². The summed E-state index contributed by atoms with van der Waals surface area (Å²) in [4.78, 5) is 22.1. The zero-order valence-corrected chi connectivity index (χ0v) is 19.7. The maximum absolute atomic E-state index is 13.0. The molecule has 168 valence electrons. The molecule has 5 rings (SSSR count). The molecule has 2 fully saturated rings. The number of thiazole rings is 1. The Kier molecular flexibility index (Phi) is 5.91. The van der Waals surface area contributed by atoms with Gasteiger partial charge in [0, 0.05) is 13.0 Å². The number of ether oxygens (including phenoxy) is 1. The van der Waals surface area contributed by atoms with E-state index in [1.165, 1.54) is 15.3 Å². The number of hydrogen-bond donors (Lipinski definition) is 0. The lowest BCUT2D eigenvalue weighted by atomic mass is 9.90. The topological polar surface area (TPSA) is 45.7 Å². The fourth-order valence-corrected chi connectivity index (χ4v) is 5.91. The Hall–Kier alpha value is -2.44. The second kappa shape index (κ2) is 8.83. The maximum atomic E-state index is 13.0. The highest BCUT2D eigenvalue weighted by Gasteiger charge is 2.58. The molecule has 2 heterocycles. The van der Waals surface area contributed by atoms with Crippen LogP contribution in [0.2, 0.25) is 0 Å². The van der Waals surface area contributed by atoms with Crippen molar-refractivity contribution in [1.29, 1.82) is 0 Å². The fourth-order valence-electron chi connectivity index (χ4n) is 4.90. The predicted octanol–water partition coefficient (Wildman–Crippen LogP) is 4.74. The summed E-state index contributed by atoms with van der Waals surface area (Å²) in [7, 11) is 1.91. The van der Waals surface area contributed by atoms with Crippen LogP contribution in [0.5, 0.6) is 5.75 Å². The second-order valence-corrected chi connectivity index (χ2v) is 10.5. The normalized spacial score (nSPS) is 19.9. The highest BCUT2D eigenvalue weighted by molar-refractivity contribution is 7.18. The molecule has 2 aromatic carbocycles. The summed E-state index contributed by atoms with van der Waals surface area (Å²) in [5.41, 5.74) is 2.55. The average Bonchev–Trinajstić information content (AvgIpc) is 3.34. The number of carbonyl (C=O) groups is 1. The molecule has 2 aliphatic rings. The quantitative estimate of drug-likeness (QED) is 0.522. The third-order valence-corrected chi connectivity index (χ3v) is 8.15. The number of hydrogen-bond acceptors (Lipinski definition) is 5. The minimum atomic E-state index is 0.191. The summed E-state index contributed by atoms with van der Waals surface area (Å²) in [6, 6.07) is 16.4. The van der Waals surface area contributed by atoms with E-state index in [9.17, 15) is 4.79 Å². The van der Waals surface area contributed by atoms with Gasteiger partial charge in [-0.2, -0.15) is 0 Å². The van der Waals surface area contributed by atoms with Crippen molar-refractivity contribution in [2.75, 3.05) is 33.3 Å². The third-order valence-electron chi connectivity index (χ3n) is 7.13. The van der Waals surface area contributed by atoms with Gasteiger partial charge in [-0.3, -0.25) is 9.69 Å². The lowest BCUT2D eigenvalue weighted by Gasteiger charge is -2.32. The van der Waals surface area contributed by atoms with Crippen molar-refractivity contribution in [1.82, 2.24) is 14.8 Å². The van der Waals surface area contributed by atoms with E-state index in [4.69, 9.17) is 9.72 Å². The van der Waals surface area contributed by atoms with Crippen LogP contribution in [0.1, 0.15) is 29.8 Å². The molecule has 32 heavy (non-hydrogen) atoms. The summed E-state index contributed by atoms with van der Waals surface area (Å²) in [5, 5.41) is 1.19. The minimum Gasteiger partial charge on any atom is -0.492 e. The number of amides is 1. The van der Waals surface area contributed by atoms with Crippen LogP contribution in [-0.4, -0.2) is 54.0 Å². The van der Waals surface area contributed by atoms with E-state index in [1.807, 2.05) is 42.3 Å². The summed E-state index contributed by atoms with van der Waals surface area (Å²) in [6.07, 6.45) is 3.27. The van der Waals surface area contributed by atoms with E-state index in [0.717, 1.165) is 50.2 Å². The van der Waals surface area contributed by atoms with Crippen LogP contribution in [0.25, 0.3) is 10.2 Å². The van der Waals surface area contributed by atoms with Crippen LogP contribution in [0.3, 0.4) is 0 Å². The first kappa shape index (κ1) is 21.4. The monoisotopic (exact) mass is 449 g/mol. The van der Waals surface area contributed by atoms with Gasteiger partial charge in [-0.1, -0.05) is 29.8 Å². The molecule has 1 saturated heterocycles. The predicted molar refractivity (Wildman–Crippen MR) is 129 cm³/mol. The first-order chi connectivity index (χ1) is 15.5. The first-order valence-corrected chi connectivity index (χ1v) is 12.4. The van der Waals surface area contributed by atoms with E-state index in [-0.39, 0.29) is 17.2 Å². The second-order valence-electron chi connectivity index (χ2n) is 9.39. The standard InChI is InChI=1S/C26H31N3O2S/c1-19-7-9-20(10-8-19)31-16-15-28(2)25(30)21-17-26(21)11-13-29(14-12-26)18-24-27-22-5-3-4-6-23(22)32-24/h3-10,21H,11-18H2,1-2H3/t21-/m1/s1. The Labute approximate surface area is 194 Å². The smallest absolute Gasteiger partial charge is 0.226 e. The van der Waals surface area contributed by atoms with Crippen molar-refractivity contribution in [3.8, 4) is 5.75 Å². The molecule has 3 aromatic rings. The van der Waals surface area contributed by atoms with Gasteiger partial charge in [-0.15, -0.1) is 11.3 Å². The van der Waals surface area contributed by atoms with Gasteiger partial charge < -0.3 is 9.64 Å². The Morgan fingerprint density at radius 3 is 2.69 bits per heavy atom. The van der Waals surface area contributed by atoms with Gasteiger partial charge in [0.1, 0.15) is 17.4 Å². The molecule has 0 bridgehead atoms. The van der Waals surface area contributed by atoms with Crippen LogP contribution in [0.15, 0.2) is 48.5 Å². The molecule has 0 unspecified atom stereocenters. The van der Waals surface area contributed by atoms with Gasteiger partial charge in [0.05, 0.1) is 23.3 Å². The maximum Gasteiger partial charge on any atom is 0.226 e. The van der Waals surface area contributed by atoms with Gasteiger partial charge >= 0.3 is 0 Å². The SMILES string of the molecule is Cc1ccc(OCCN(C)C(=O)[C@H]2CC23CCN(Cc2nc4ccccc4s2)CC3)cc1. The molecule has 0 radical (unpaired) electrons. The van der Waals surface area contributed by atoms with Crippen LogP contribution in [0.4, 0.5) is 0 Å². The number of fused-ring (bicyclic) bond motifs is 1. The van der Waals surface area contributed by atoms with Crippen LogP contribution in [0, 0.1) is 18.3 Å². The fraction of sp³-hybridized carbons (Fsp3) is 0.462. The molecular weight excluding hydrogens is 418 g/mol. The third kappa shape index (κ3) is 4.52. The number of para-hydroxylation sites is 1. The molecule has 0 N–H and O–H groups in total. The average molecular weight is 450 g/mol. The summed E-state index contributed by atoms with van der Waals surface area (Å²) < 4.78 is 7.07. The molecule has 1 aliphatic heterocycles. The number of aryl methyl sites for hydroxylation is 1. The van der Waals surface area contributed by atoms with Gasteiger partial charge in [0.25, 0.3) is 0 Å². The molecule has 1 atom stereocenters. The lowest BCUT2D eigenvalue weighted by molar-refractivity contribution is -0.132. The van der Waals surface area contributed by atoms with Crippen LogP contribution < -0.4 is 4.74 Å². The van der Waals surface area contributed by atoms with Gasteiger partial charge in [0.15, 0.2) is 0 Å². The van der Waals surface area contributed by atoms with E-state index in [2.05, 4.69) is 30.0 Å². The van der Waals surface area contributed by atoms with Crippen molar-refractivity contribution < 1.29 is 9.53 Å². The van der Waals surface area contributed by atoms with E-state index < -0.39 is 0 Å². The Balaban J connectivity index is 1.07. The molecule has 1 spiro atoms. The van der Waals surface area contributed by atoms with Crippen molar-refractivity contribution in [3.05, 3.63) is 59.1 Å². The molecular formula is C26H31N3O2S. The molecule has 1 saturated carbocycles. The van der Waals surface area contributed by atoms with Gasteiger partial charge in [0.2, 0.25) is 5.91 Å². The molecule has 6 heteroatoms. The number of likely N-dealkylation sites (N-methyl/N-ethyl adjacent to an activating group) is 1. The molecule has 1 aliphatic carbocycles. The Morgan fingerprint density at radius 2 is 1.94 bits per heavy atom. The number of likely N-dealkylation sites (tertiary alicyclic amines) is 1. The number of piperidine rings is 1. The zero-order valence-electron chi connectivity index (χ0n) is 18.9. The van der Waals surface area contributed by atoms with E-state index >= 15 is 0 Å². The summed E-state index contributed by atoms with van der Waals surface area (Å²) in [6.45, 7) is 6.25. The van der Waals surface area contributed by atoms with E-state index in [0.29, 0.717) is 13.2 Å². The summed E-state index contributed by atoms with van der Waals surface area (Å²) >= 11 is 1.80. The van der Waals surface area contributed by atoms with E-state index in [1.54, 1.807) is 11.3 Å². The number of aromatic nitrogens is 1. The number of rotatable bonds is 7. The van der Waals surface area contributed by atoms with Crippen molar-refractivity contribution in [3.63, 3.8) is 0 Å². The lowest BCUT2D eigenvalue weighted by Crippen LogP contribution is -2.38. The zero-order chi connectivity index (χ0) is 22.1. The van der Waals surface area contributed by atoms with Crippen LogP contribution in [-0.2, 0) is 11.3 Å². The largest absolute Gasteiger partial charge is 0.492 e. The molecule has 5 nitrogen and oxygen atoms in total. The Morgan fingerprint density at radius 1 is 1.19 bits per heavy atom. The van der Waals surface area contributed by atoms with Crippen molar-refractivity contribution >= 4 is 27.5 Å². The van der Waals surface area contributed by atoms with Gasteiger partial charge in [-0.25, -0.2) is 4.98 Å². The van der Waals surface area contributed by atoms with Crippen LogP contribution >= 0.6 is 11.3 Å². The minimum absolute atomic E-state index is 0.191. The summed E-state index contributed by atoms with van der Waals surface area (Å²) in [5.74, 6) is 1.34. The highest BCUT2D eigenvalue weighted by atomic mass is 32.1. The van der Waals surface area contributed by atoms with Crippen molar-refractivity contribution in [2.24, 2.45) is 11.3 Å². The first-order valence-electron chi connectivity index (χ1n) is 11.5. The number of carbonyl (C=O) groups excluding carboxylic acids is 1. The number of nitrogens with zero attached hydrogens (tertiary/aromatic N) is 3. The van der Waals surface area contributed by atoms with Crippen molar-refractivity contribution in [2.45, 2.75) is 32.7 Å². The molecule has 1 aromatic heterocycles. The highest BCUT2D eigenvalue weighted by Crippen LogP contribution is 2.60. The Bertz CT molecular complexity index is 1050.